The van der Waals surface area contributed by atoms with Gasteiger partial charge in [0.2, 0.25) is 11.1 Å². The number of carbonyl (C=O) groups excluding carboxylic acids is 1. The molecule has 0 unspecified atom stereocenters. The second-order valence-corrected chi connectivity index (χ2v) is 7.99. The van der Waals surface area contributed by atoms with Crippen LogP contribution in [0.15, 0.2) is 29.7 Å². The molecule has 8 heteroatoms. The zero-order valence-corrected chi connectivity index (χ0v) is 15.6. The number of hydrogen-bond acceptors (Lipinski definition) is 6. The minimum absolute atomic E-state index is 0.192. The first-order valence-corrected chi connectivity index (χ1v) is 10.3. The molecular formula is C18H24N6OS. The van der Waals surface area contributed by atoms with Gasteiger partial charge in [-0.3, -0.25) is 9.78 Å². The first kappa shape index (κ1) is 17.3. The fourth-order valence-corrected chi connectivity index (χ4v) is 4.95. The lowest BCUT2D eigenvalue weighted by Crippen LogP contribution is -2.50. The van der Waals surface area contributed by atoms with Crippen molar-refractivity contribution in [1.82, 2.24) is 24.8 Å². The van der Waals surface area contributed by atoms with E-state index in [-0.39, 0.29) is 5.91 Å². The molecule has 2 aromatic rings. The summed E-state index contributed by atoms with van der Waals surface area (Å²) in [4.78, 5) is 19.0. The molecule has 4 rings (SSSR count). The van der Waals surface area contributed by atoms with Crippen LogP contribution in [0, 0.1) is 5.92 Å². The van der Waals surface area contributed by atoms with E-state index < -0.39 is 0 Å². The summed E-state index contributed by atoms with van der Waals surface area (Å²) in [5.41, 5.74) is 0.807. The van der Waals surface area contributed by atoms with E-state index in [9.17, 15) is 4.79 Å². The topological polar surface area (TPSA) is 89.9 Å². The maximum atomic E-state index is 12.8. The highest BCUT2D eigenvalue weighted by molar-refractivity contribution is 7.99. The smallest absolute Gasteiger partial charge is 0.233 e. The molecule has 2 aromatic heterocycles. The highest BCUT2D eigenvalue weighted by Gasteiger charge is 2.35. The quantitative estimate of drug-likeness (QED) is 0.654. The Kier molecular flexibility index (Phi) is 5.10. The zero-order valence-electron chi connectivity index (χ0n) is 14.8. The van der Waals surface area contributed by atoms with E-state index in [0.717, 1.165) is 24.9 Å². The molecule has 0 spiro atoms. The van der Waals surface area contributed by atoms with Crippen molar-refractivity contribution in [2.24, 2.45) is 5.92 Å². The first-order chi connectivity index (χ1) is 12.7. The van der Waals surface area contributed by atoms with Gasteiger partial charge in [-0.2, -0.15) is 0 Å². The van der Waals surface area contributed by atoms with Crippen LogP contribution < -0.4 is 5.84 Å². The van der Waals surface area contributed by atoms with E-state index in [1.54, 1.807) is 12.4 Å². The Morgan fingerprint density at radius 1 is 1.23 bits per heavy atom. The van der Waals surface area contributed by atoms with Gasteiger partial charge in [-0.05, 0) is 43.7 Å². The lowest BCUT2D eigenvalue weighted by molar-refractivity contribution is -0.134. The largest absolute Gasteiger partial charge is 0.339 e. The summed E-state index contributed by atoms with van der Waals surface area (Å²) in [6, 6.07) is 4.15. The van der Waals surface area contributed by atoms with Crippen molar-refractivity contribution < 1.29 is 4.79 Å². The number of rotatable bonds is 4. The van der Waals surface area contributed by atoms with Crippen LogP contribution in [0.2, 0.25) is 0 Å². The van der Waals surface area contributed by atoms with Gasteiger partial charge in [-0.15, -0.1) is 10.2 Å². The molecule has 2 N–H and O–H groups in total. The van der Waals surface area contributed by atoms with Gasteiger partial charge in [0.1, 0.15) is 0 Å². The Hall–Kier alpha value is -2.09. The summed E-state index contributed by atoms with van der Waals surface area (Å²) in [5.74, 6) is 7.92. The number of nitrogens with two attached hydrogens (primary N) is 1. The summed E-state index contributed by atoms with van der Waals surface area (Å²) in [7, 11) is 0. The molecule has 3 heterocycles. The van der Waals surface area contributed by atoms with Gasteiger partial charge in [0.05, 0.1) is 5.75 Å². The summed E-state index contributed by atoms with van der Waals surface area (Å²) in [6.07, 6.45) is 10.8. The molecule has 1 saturated carbocycles. The summed E-state index contributed by atoms with van der Waals surface area (Å²) < 4.78 is 1.44. The molecule has 1 amide bonds. The minimum Gasteiger partial charge on any atom is -0.339 e. The number of piperidine rings is 1. The molecule has 1 aliphatic carbocycles. The molecule has 0 aromatic carbocycles. The van der Waals surface area contributed by atoms with Gasteiger partial charge in [-0.25, -0.2) is 4.68 Å². The Balaban J connectivity index is 1.41. The maximum absolute atomic E-state index is 12.8. The van der Waals surface area contributed by atoms with Gasteiger partial charge < -0.3 is 10.7 Å². The number of likely N-dealkylation sites (tertiary alicyclic amines) is 1. The van der Waals surface area contributed by atoms with Crippen LogP contribution in [-0.4, -0.2) is 49.0 Å². The molecule has 2 atom stereocenters. The van der Waals surface area contributed by atoms with Gasteiger partial charge in [-0.1, -0.05) is 24.6 Å². The Morgan fingerprint density at radius 3 is 2.92 bits per heavy atom. The number of nitrogens with zero attached hydrogens (tertiary/aromatic N) is 5. The normalized spacial score (nSPS) is 22.8. The third-order valence-corrected chi connectivity index (χ3v) is 6.40. The Bertz CT molecular complexity index is 762. The fraction of sp³-hybridized carbons (Fsp3) is 0.556. The second-order valence-electron chi connectivity index (χ2n) is 7.05. The van der Waals surface area contributed by atoms with Crippen molar-refractivity contribution >= 4 is 17.7 Å². The zero-order chi connectivity index (χ0) is 17.9. The number of pyridine rings is 1. The predicted molar refractivity (Wildman–Crippen MR) is 101 cm³/mol. The number of hydrogen-bond donors (Lipinski definition) is 1. The maximum Gasteiger partial charge on any atom is 0.233 e. The van der Waals surface area contributed by atoms with Gasteiger partial charge in [0.25, 0.3) is 0 Å². The van der Waals surface area contributed by atoms with Crippen molar-refractivity contribution in [2.45, 2.75) is 49.7 Å². The summed E-state index contributed by atoms with van der Waals surface area (Å²) in [5, 5.41) is 8.84. The molecule has 2 fully saturated rings. The van der Waals surface area contributed by atoms with Crippen LogP contribution in [-0.2, 0) is 4.79 Å². The van der Waals surface area contributed by atoms with Crippen LogP contribution in [0.25, 0.3) is 11.4 Å². The molecule has 26 heavy (non-hydrogen) atoms. The third-order valence-electron chi connectivity index (χ3n) is 5.47. The summed E-state index contributed by atoms with van der Waals surface area (Å²) >= 11 is 1.36. The van der Waals surface area contributed by atoms with E-state index in [1.165, 1.54) is 42.1 Å². The van der Waals surface area contributed by atoms with E-state index >= 15 is 0 Å². The molecule has 138 valence electrons. The monoisotopic (exact) mass is 372 g/mol. The van der Waals surface area contributed by atoms with E-state index in [4.69, 9.17) is 5.84 Å². The lowest BCUT2D eigenvalue weighted by Gasteiger charge is -2.44. The van der Waals surface area contributed by atoms with E-state index in [1.807, 2.05) is 12.1 Å². The number of nitrogen functional groups attached to an aromatic ring is 1. The van der Waals surface area contributed by atoms with Crippen molar-refractivity contribution in [3.63, 3.8) is 0 Å². The highest BCUT2D eigenvalue weighted by Crippen LogP contribution is 2.35. The SMILES string of the molecule is Nn1c(SCC(=O)N2CCC[C@H]3CCCC[C@@H]32)nnc1-c1cccnc1. The van der Waals surface area contributed by atoms with Crippen molar-refractivity contribution in [1.29, 1.82) is 0 Å². The van der Waals surface area contributed by atoms with Crippen molar-refractivity contribution in [3.8, 4) is 11.4 Å². The van der Waals surface area contributed by atoms with Gasteiger partial charge in [0.15, 0.2) is 5.82 Å². The molecule has 1 saturated heterocycles. The molecule has 1 aliphatic heterocycles. The van der Waals surface area contributed by atoms with Crippen LogP contribution in [0.4, 0.5) is 0 Å². The number of thioether (sulfide) groups is 1. The second kappa shape index (κ2) is 7.65. The number of carbonyl (C=O) groups is 1. The Labute approximate surface area is 157 Å². The van der Waals surface area contributed by atoms with E-state index in [0.29, 0.717) is 28.7 Å². The standard InChI is InChI=1S/C18H24N6OS/c19-24-17(14-6-3-9-20-11-14)21-22-18(24)26-12-16(25)23-10-4-7-13-5-1-2-8-15(13)23/h3,6,9,11,13,15H,1-2,4-5,7-8,10,12,19H2/t13-,15+/m1/s1. The molecule has 2 aliphatic rings. The molecule has 0 radical (unpaired) electrons. The predicted octanol–water partition coefficient (Wildman–Crippen LogP) is 2.33. The molecule has 0 bridgehead atoms. The average Bonchev–Trinajstić information content (AvgIpc) is 3.07. The van der Waals surface area contributed by atoms with Crippen LogP contribution in [0.1, 0.15) is 38.5 Å². The Morgan fingerprint density at radius 2 is 2.08 bits per heavy atom. The third kappa shape index (κ3) is 3.42. The van der Waals surface area contributed by atoms with Crippen LogP contribution >= 0.6 is 11.8 Å². The molecular weight excluding hydrogens is 348 g/mol. The van der Waals surface area contributed by atoms with Crippen molar-refractivity contribution in [3.05, 3.63) is 24.5 Å². The average molecular weight is 372 g/mol. The van der Waals surface area contributed by atoms with Crippen molar-refractivity contribution in [2.75, 3.05) is 18.1 Å². The first-order valence-electron chi connectivity index (χ1n) is 9.27. The van der Waals surface area contributed by atoms with Crippen LogP contribution in [0.5, 0.6) is 0 Å². The fourth-order valence-electron chi connectivity index (χ4n) is 4.21. The lowest BCUT2D eigenvalue weighted by atomic mass is 9.78. The molecule has 7 nitrogen and oxygen atoms in total. The summed E-state index contributed by atoms with van der Waals surface area (Å²) in [6.45, 7) is 0.886. The van der Waals surface area contributed by atoms with Crippen LogP contribution in [0.3, 0.4) is 0 Å². The minimum atomic E-state index is 0.192. The number of fused-ring (bicyclic) bond motifs is 1. The van der Waals surface area contributed by atoms with E-state index in [2.05, 4.69) is 20.1 Å². The van der Waals surface area contributed by atoms with Gasteiger partial charge in [0, 0.05) is 30.5 Å². The number of amides is 1. The number of aromatic nitrogens is 4. The van der Waals surface area contributed by atoms with Gasteiger partial charge >= 0.3 is 0 Å². The highest BCUT2D eigenvalue weighted by atomic mass is 32.2.